The van der Waals surface area contributed by atoms with Crippen molar-refractivity contribution >= 4 is 0 Å². The molecule has 0 aliphatic heterocycles. The summed E-state index contributed by atoms with van der Waals surface area (Å²) in [4.78, 5) is 0. The molecule has 0 spiro atoms. The molecule has 19 heavy (non-hydrogen) atoms. The van der Waals surface area contributed by atoms with Gasteiger partial charge in [-0.3, -0.25) is 4.68 Å². The van der Waals surface area contributed by atoms with Gasteiger partial charge in [0.1, 0.15) is 12.4 Å². The van der Waals surface area contributed by atoms with Gasteiger partial charge >= 0.3 is 0 Å². The lowest BCUT2D eigenvalue weighted by atomic mass is 10.2. The molecule has 0 radical (unpaired) electrons. The number of ether oxygens (including phenoxy) is 1. The van der Waals surface area contributed by atoms with Crippen molar-refractivity contribution in [2.45, 2.75) is 26.0 Å². The van der Waals surface area contributed by atoms with Gasteiger partial charge in [0.05, 0.1) is 12.0 Å². The highest BCUT2D eigenvalue weighted by molar-refractivity contribution is 5.05. The first-order valence-electron chi connectivity index (χ1n) is 6.59. The first-order valence-corrected chi connectivity index (χ1v) is 6.59. The highest BCUT2D eigenvalue weighted by atomic mass is 16.5. The average Bonchev–Trinajstić information content (AvgIpc) is 3.04. The van der Waals surface area contributed by atoms with Crippen LogP contribution in [0, 0.1) is 0 Å². The smallest absolute Gasteiger partial charge is 0.129 e. The zero-order chi connectivity index (χ0) is 13.5. The van der Waals surface area contributed by atoms with E-state index in [2.05, 4.69) is 17.3 Å². The summed E-state index contributed by atoms with van der Waals surface area (Å²) in [5.41, 5.74) is 1.19. The molecule has 1 atom stereocenters. The lowest BCUT2D eigenvalue weighted by molar-refractivity contribution is 0.103. The summed E-state index contributed by atoms with van der Waals surface area (Å²) in [6, 6.07) is 6.13. The summed E-state index contributed by atoms with van der Waals surface area (Å²) < 4.78 is 12.6. The van der Waals surface area contributed by atoms with Crippen LogP contribution in [-0.2, 0) is 18.4 Å². The van der Waals surface area contributed by atoms with Crippen LogP contribution in [0.2, 0.25) is 0 Å². The zero-order valence-corrected chi connectivity index (χ0v) is 11.5. The summed E-state index contributed by atoms with van der Waals surface area (Å²) in [5, 5.41) is 7.62. The van der Waals surface area contributed by atoms with E-state index in [1.54, 1.807) is 6.26 Å². The van der Waals surface area contributed by atoms with Crippen molar-refractivity contribution in [1.82, 2.24) is 15.1 Å². The first kappa shape index (κ1) is 13.8. The van der Waals surface area contributed by atoms with Crippen LogP contribution in [0.1, 0.15) is 30.8 Å². The Labute approximate surface area is 113 Å². The predicted molar refractivity (Wildman–Crippen MR) is 72.6 cm³/mol. The Morgan fingerprint density at radius 2 is 2.37 bits per heavy atom. The van der Waals surface area contributed by atoms with Crippen molar-refractivity contribution in [2.24, 2.45) is 7.05 Å². The van der Waals surface area contributed by atoms with Crippen molar-refractivity contribution in [2.75, 3.05) is 13.2 Å². The van der Waals surface area contributed by atoms with Crippen molar-refractivity contribution in [1.29, 1.82) is 0 Å². The minimum Gasteiger partial charge on any atom is -0.467 e. The minimum absolute atomic E-state index is 0.303. The second-order valence-electron chi connectivity index (χ2n) is 4.54. The number of hydrogen-bond acceptors (Lipinski definition) is 4. The minimum atomic E-state index is 0.303. The Hall–Kier alpha value is -1.59. The Balaban J connectivity index is 1.56. The number of nitrogens with one attached hydrogen (secondary N) is 1. The van der Waals surface area contributed by atoms with Crippen molar-refractivity contribution < 1.29 is 9.15 Å². The van der Waals surface area contributed by atoms with Crippen molar-refractivity contribution in [3.8, 4) is 0 Å². The predicted octanol–water partition coefficient (Wildman–Crippen LogP) is 2.27. The Kier molecular flexibility index (Phi) is 5.18. The zero-order valence-electron chi connectivity index (χ0n) is 11.5. The molecule has 0 aliphatic rings. The van der Waals surface area contributed by atoms with Crippen LogP contribution in [0.4, 0.5) is 0 Å². The first-order chi connectivity index (χ1) is 9.27. The third-order valence-electron chi connectivity index (χ3n) is 3.04. The van der Waals surface area contributed by atoms with Gasteiger partial charge in [0.25, 0.3) is 0 Å². The summed E-state index contributed by atoms with van der Waals surface area (Å²) >= 11 is 0. The largest absolute Gasteiger partial charge is 0.467 e. The molecule has 1 unspecified atom stereocenters. The van der Waals surface area contributed by atoms with Crippen LogP contribution in [0.15, 0.2) is 35.1 Å². The normalized spacial score (nSPS) is 12.7. The fraction of sp³-hybridized carbons (Fsp3) is 0.500. The van der Waals surface area contributed by atoms with E-state index in [0.29, 0.717) is 12.6 Å². The summed E-state index contributed by atoms with van der Waals surface area (Å²) in [7, 11) is 1.96. The average molecular weight is 263 g/mol. The molecule has 0 bridgehead atoms. The van der Waals surface area contributed by atoms with E-state index in [1.165, 1.54) is 5.69 Å². The van der Waals surface area contributed by atoms with Gasteiger partial charge in [-0.25, -0.2) is 0 Å². The van der Waals surface area contributed by atoms with Gasteiger partial charge in [-0.05, 0) is 38.1 Å². The van der Waals surface area contributed by atoms with Crippen molar-refractivity contribution in [3.05, 3.63) is 42.1 Å². The van der Waals surface area contributed by atoms with E-state index in [-0.39, 0.29) is 0 Å². The molecular weight excluding hydrogens is 242 g/mol. The number of rotatable bonds is 8. The molecule has 0 saturated carbocycles. The quantitative estimate of drug-likeness (QED) is 0.742. The fourth-order valence-electron chi connectivity index (χ4n) is 1.97. The highest BCUT2D eigenvalue weighted by Gasteiger charge is 2.07. The van der Waals surface area contributed by atoms with Gasteiger partial charge in [0, 0.05) is 25.9 Å². The van der Waals surface area contributed by atoms with Crippen LogP contribution in [0.5, 0.6) is 0 Å². The van der Waals surface area contributed by atoms with Crippen LogP contribution in [0.25, 0.3) is 0 Å². The molecule has 0 saturated heterocycles. The molecule has 104 valence electrons. The van der Waals surface area contributed by atoms with E-state index in [0.717, 1.165) is 25.3 Å². The standard InChI is InChI=1S/C14H21N3O2/c1-12(14-6-8-16-17(14)2)15-7-4-9-18-11-13-5-3-10-19-13/h3,5-6,8,10,12,15H,4,7,9,11H2,1-2H3. The monoisotopic (exact) mass is 263 g/mol. The van der Waals surface area contributed by atoms with E-state index in [1.807, 2.05) is 36.1 Å². The fourth-order valence-corrected chi connectivity index (χ4v) is 1.97. The topological polar surface area (TPSA) is 52.2 Å². The van der Waals surface area contributed by atoms with E-state index < -0.39 is 0 Å². The highest BCUT2D eigenvalue weighted by Crippen LogP contribution is 2.09. The Morgan fingerprint density at radius 3 is 3.05 bits per heavy atom. The van der Waals surface area contributed by atoms with Crippen LogP contribution in [0.3, 0.4) is 0 Å². The van der Waals surface area contributed by atoms with E-state index in [4.69, 9.17) is 9.15 Å². The Morgan fingerprint density at radius 1 is 1.47 bits per heavy atom. The van der Waals surface area contributed by atoms with Gasteiger partial charge in [-0.2, -0.15) is 5.10 Å². The van der Waals surface area contributed by atoms with E-state index in [9.17, 15) is 0 Å². The molecule has 0 aliphatic carbocycles. The molecule has 0 amide bonds. The maximum atomic E-state index is 5.52. The molecular formula is C14H21N3O2. The lowest BCUT2D eigenvalue weighted by Gasteiger charge is -2.14. The second-order valence-corrected chi connectivity index (χ2v) is 4.54. The maximum absolute atomic E-state index is 5.52. The molecule has 2 heterocycles. The molecule has 2 aromatic rings. The summed E-state index contributed by atoms with van der Waals surface area (Å²) in [5.74, 6) is 0.871. The molecule has 5 heteroatoms. The third-order valence-corrected chi connectivity index (χ3v) is 3.04. The van der Waals surface area contributed by atoms with Gasteiger partial charge in [0.15, 0.2) is 0 Å². The van der Waals surface area contributed by atoms with Gasteiger partial charge in [0.2, 0.25) is 0 Å². The SMILES string of the molecule is CC(NCCCOCc1ccco1)c1ccnn1C. The number of aryl methyl sites for hydroxylation is 1. The lowest BCUT2D eigenvalue weighted by Crippen LogP contribution is -2.22. The van der Waals surface area contributed by atoms with Crippen LogP contribution < -0.4 is 5.32 Å². The molecule has 5 nitrogen and oxygen atoms in total. The third kappa shape index (κ3) is 4.22. The molecule has 1 N–H and O–H groups in total. The van der Waals surface area contributed by atoms with Gasteiger partial charge < -0.3 is 14.5 Å². The summed E-state index contributed by atoms with van der Waals surface area (Å²) in [6.45, 7) is 4.33. The second kappa shape index (κ2) is 7.11. The molecule has 2 rings (SSSR count). The van der Waals surface area contributed by atoms with E-state index >= 15 is 0 Å². The maximum Gasteiger partial charge on any atom is 0.129 e. The molecule has 0 aromatic carbocycles. The molecule has 0 fully saturated rings. The number of nitrogens with zero attached hydrogens (tertiary/aromatic N) is 2. The van der Waals surface area contributed by atoms with Gasteiger partial charge in [-0.15, -0.1) is 0 Å². The van der Waals surface area contributed by atoms with Gasteiger partial charge in [-0.1, -0.05) is 0 Å². The number of furan rings is 1. The van der Waals surface area contributed by atoms with Crippen molar-refractivity contribution in [3.63, 3.8) is 0 Å². The van der Waals surface area contributed by atoms with Crippen LogP contribution in [-0.4, -0.2) is 22.9 Å². The Bertz CT molecular complexity index is 465. The number of aromatic nitrogens is 2. The summed E-state index contributed by atoms with van der Waals surface area (Å²) in [6.07, 6.45) is 4.46. The van der Waals surface area contributed by atoms with Crippen LogP contribution >= 0.6 is 0 Å². The molecule has 2 aromatic heterocycles. The number of hydrogen-bond donors (Lipinski definition) is 1.